The van der Waals surface area contributed by atoms with Gasteiger partial charge in [0.05, 0.1) is 12.6 Å². The number of nitrogens with zero attached hydrogens (tertiary/aromatic N) is 2. The summed E-state index contributed by atoms with van der Waals surface area (Å²) in [6.07, 6.45) is 5.76. The highest BCUT2D eigenvalue weighted by molar-refractivity contribution is 5.13. The van der Waals surface area contributed by atoms with Gasteiger partial charge in [0.1, 0.15) is 0 Å². The second-order valence-electron chi connectivity index (χ2n) is 3.04. The first-order valence-corrected chi connectivity index (χ1v) is 3.69. The number of fused-ring (bicyclic) bond motifs is 2. The molecule has 1 heterocycles. The van der Waals surface area contributed by atoms with Crippen molar-refractivity contribution in [3.05, 3.63) is 12.2 Å². The fourth-order valence-corrected chi connectivity index (χ4v) is 1.87. The van der Waals surface area contributed by atoms with Crippen molar-refractivity contribution in [2.75, 3.05) is 13.1 Å². The quantitative estimate of drug-likeness (QED) is 0.391. The molecule has 0 radical (unpaired) electrons. The first kappa shape index (κ1) is 5.94. The molecule has 0 saturated carbocycles. The topological polar surface area (TPSA) is 27.0 Å². The van der Waals surface area contributed by atoms with Crippen LogP contribution in [0, 0.1) is 17.2 Å². The number of rotatable bonds is 1. The molecule has 0 N–H and O–H groups in total. The lowest BCUT2D eigenvalue weighted by Crippen LogP contribution is -2.29. The number of hydrogen-bond acceptors (Lipinski definition) is 2. The maximum absolute atomic E-state index is 8.44. The molecule has 0 aromatic heterocycles. The van der Waals surface area contributed by atoms with Gasteiger partial charge in [0.25, 0.3) is 0 Å². The van der Waals surface area contributed by atoms with E-state index in [1.807, 2.05) is 0 Å². The standard InChI is InChI=1S/C8H10N2/c9-3-4-10-6-7-1-2-8(10)5-7/h1-2,7-8H,4-6H2/t7-,8+/m1/s1. The van der Waals surface area contributed by atoms with Gasteiger partial charge in [-0.25, -0.2) is 0 Å². The summed E-state index contributed by atoms with van der Waals surface area (Å²) >= 11 is 0. The molecule has 0 spiro atoms. The predicted octanol–water partition coefficient (Wildman–Crippen LogP) is 0.770. The Kier molecular flexibility index (Phi) is 1.25. The molecule has 2 atom stereocenters. The minimum Gasteiger partial charge on any atom is -0.283 e. The number of nitriles is 1. The first-order valence-electron chi connectivity index (χ1n) is 3.69. The summed E-state index contributed by atoms with van der Waals surface area (Å²) in [5.74, 6) is 0.748. The molecule has 0 unspecified atom stereocenters. The van der Waals surface area contributed by atoms with E-state index in [1.54, 1.807) is 0 Å². The molecule has 1 saturated heterocycles. The highest BCUT2D eigenvalue weighted by Gasteiger charge is 2.32. The SMILES string of the molecule is N#CCN1C[C@@H]2C=C[C@H]1C2. The molecule has 1 aliphatic carbocycles. The smallest absolute Gasteiger partial charge is 0.0871 e. The minimum atomic E-state index is 0.588. The molecule has 10 heavy (non-hydrogen) atoms. The Hall–Kier alpha value is -0.810. The summed E-state index contributed by atoms with van der Waals surface area (Å²) in [6.45, 7) is 1.71. The third kappa shape index (κ3) is 0.748. The zero-order valence-corrected chi connectivity index (χ0v) is 5.83. The summed E-state index contributed by atoms with van der Waals surface area (Å²) in [6, 6.07) is 2.77. The van der Waals surface area contributed by atoms with E-state index in [-0.39, 0.29) is 0 Å². The van der Waals surface area contributed by atoms with Crippen LogP contribution in [-0.4, -0.2) is 24.0 Å². The molecule has 0 aromatic rings. The van der Waals surface area contributed by atoms with E-state index >= 15 is 0 Å². The Morgan fingerprint density at radius 1 is 1.60 bits per heavy atom. The average Bonchev–Trinajstić information content (AvgIpc) is 2.48. The van der Waals surface area contributed by atoms with Crippen molar-refractivity contribution in [1.82, 2.24) is 4.90 Å². The van der Waals surface area contributed by atoms with E-state index in [1.165, 1.54) is 6.42 Å². The predicted molar refractivity (Wildman–Crippen MR) is 38.2 cm³/mol. The Bertz CT molecular complexity index is 202. The third-order valence-electron chi connectivity index (χ3n) is 2.36. The third-order valence-corrected chi connectivity index (χ3v) is 2.36. The van der Waals surface area contributed by atoms with Crippen LogP contribution in [0.15, 0.2) is 12.2 Å². The maximum atomic E-state index is 8.44. The van der Waals surface area contributed by atoms with E-state index in [0.717, 1.165) is 12.5 Å². The average molecular weight is 134 g/mol. The van der Waals surface area contributed by atoms with Crippen molar-refractivity contribution in [3.63, 3.8) is 0 Å². The van der Waals surface area contributed by atoms with E-state index < -0.39 is 0 Å². The molecule has 0 amide bonds. The second-order valence-corrected chi connectivity index (χ2v) is 3.04. The van der Waals surface area contributed by atoms with Gasteiger partial charge < -0.3 is 0 Å². The van der Waals surface area contributed by atoms with Gasteiger partial charge in [0, 0.05) is 12.6 Å². The van der Waals surface area contributed by atoms with E-state index in [2.05, 4.69) is 23.1 Å². The highest BCUT2D eigenvalue weighted by Crippen LogP contribution is 2.30. The van der Waals surface area contributed by atoms with Crippen LogP contribution in [0.3, 0.4) is 0 Å². The summed E-state index contributed by atoms with van der Waals surface area (Å²) in [5.41, 5.74) is 0. The zero-order chi connectivity index (χ0) is 6.97. The van der Waals surface area contributed by atoms with Crippen molar-refractivity contribution in [3.8, 4) is 6.07 Å². The lowest BCUT2D eigenvalue weighted by atomic mass is 10.2. The molecule has 2 heteroatoms. The van der Waals surface area contributed by atoms with Gasteiger partial charge in [-0.05, 0) is 12.3 Å². The molecular weight excluding hydrogens is 124 g/mol. The Morgan fingerprint density at radius 3 is 3.00 bits per heavy atom. The maximum Gasteiger partial charge on any atom is 0.0871 e. The molecule has 1 fully saturated rings. The van der Waals surface area contributed by atoms with Gasteiger partial charge in [-0.2, -0.15) is 5.26 Å². The summed E-state index contributed by atoms with van der Waals surface area (Å²) < 4.78 is 0. The summed E-state index contributed by atoms with van der Waals surface area (Å²) in [5, 5.41) is 8.44. The summed E-state index contributed by atoms with van der Waals surface area (Å²) in [4.78, 5) is 2.24. The molecule has 2 rings (SSSR count). The molecule has 1 aliphatic heterocycles. The lowest BCUT2D eigenvalue weighted by molar-refractivity contribution is 0.314. The number of likely N-dealkylation sites (tertiary alicyclic amines) is 1. The zero-order valence-electron chi connectivity index (χ0n) is 5.83. The van der Waals surface area contributed by atoms with Crippen LogP contribution in [0.1, 0.15) is 6.42 Å². The first-order chi connectivity index (χ1) is 4.90. The van der Waals surface area contributed by atoms with Crippen LogP contribution in [0.2, 0.25) is 0 Å². The minimum absolute atomic E-state index is 0.588. The van der Waals surface area contributed by atoms with Gasteiger partial charge in [0.15, 0.2) is 0 Å². The van der Waals surface area contributed by atoms with E-state index in [4.69, 9.17) is 5.26 Å². The normalized spacial score (nSPS) is 36.7. The van der Waals surface area contributed by atoms with Crippen LogP contribution in [0.25, 0.3) is 0 Å². The number of hydrogen-bond donors (Lipinski definition) is 0. The van der Waals surface area contributed by atoms with Gasteiger partial charge in [-0.3, -0.25) is 4.90 Å². The molecule has 2 aliphatic rings. The Labute approximate surface area is 60.7 Å². The van der Waals surface area contributed by atoms with Gasteiger partial charge in [0.2, 0.25) is 0 Å². The van der Waals surface area contributed by atoms with Gasteiger partial charge >= 0.3 is 0 Å². The molecule has 2 bridgehead atoms. The largest absolute Gasteiger partial charge is 0.283 e. The lowest BCUT2D eigenvalue weighted by Gasteiger charge is -2.19. The van der Waals surface area contributed by atoms with Crippen LogP contribution in [-0.2, 0) is 0 Å². The van der Waals surface area contributed by atoms with Crippen LogP contribution >= 0.6 is 0 Å². The van der Waals surface area contributed by atoms with Crippen molar-refractivity contribution in [2.45, 2.75) is 12.5 Å². The molecule has 2 nitrogen and oxygen atoms in total. The fourth-order valence-electron chi connectivity index (χ4n) is 1.87. The highest BCUT2D eigenvalue weighted by atomic mass is 15.2. The Morgan fingerprint density at radius 2 is 2.50 bits per heavy atom. The molecule has 52 valence electrons. The van der Waals surface area contributed by atoms with Crippen LogP contribution in [0.4, 0.5) is 0 Å². The Balaban J connectivity index is 2.04. The fraction of sp³-hybridized carbons (Fsp3) is 0.625. The van der Waals surface area contributed by atoms with Crippen LogP contribution in [0.5, 0.6) is 0 Å². The second kappa shape index (κ2) is 2.10. The monoisotopic (exact) mass is 134 g/mol. The molecule has 0 aromatic carbocycles. The van der Waals surface area contributed by atoms with Crippen molar-refractivity contribution in [2.24, 2.45) is 5.92 Å². The van der Waals surface area contributed by atoms with Gasteiger partial charge in [-0.1, -0.05) is 12.2 Å². The van der Waals surface area contributed by atoms with Crippen molar-refractivity contribution >= 4 is 0 Å². The van der Waals surface area contributed by atoms with Crippen molar-refractivity contribution < 1.29 is 0 Å². The molecular formula is C8H10N2. The van der Waals surface area contributed by atoms with Gasteiger partial charge in [-0.15, -0.1) is 0 Å². The van der Waals surface area contributed by atoms with Crippen molar-refractivity contribution in [1.29, 1.82) is 5.26 Å². The van der Waals surface area contributed by atoms with E-state index in [0.29, 0.717) is 12.6 Å². The van der Waals surface area contributed by atoms with Crippen LogP contribution < -0.4 is 0 Å². The summed E-state index contributed by atoms with van der Waals surface area (Å²) in [7, 11) is 0. The van der Waals surface area contributed by atoms with E-state index in [9.17, 15) is 0 Å².